The van der Waals surface area contributed by atoms with Crippen molar-refractivity contribution in [3.8, 4) is 5.75 Å². The first kappa shape index (κ1) is 20.3. The molecule has 0 aliphatic carbocycles. The van der Waals surface area contributed by atoms with Crippen molar-refractivity contribution in [2.75, 3.05) is 5.32 Å². The zero-order chi connectivity index (χ0) is 21.8. The van der Waals surface area contributed by atoms with E-state index in [1.807, 2.05) is 5.38 Å². The van der Waals surface area contributed by atoms with E-state index >= 15 is 0 Å². The van der Waals surface area contributed by atoms with Crippen LogP contribution in [0.25, 0.3) is 10.8 Å². The summed E-state index contributed by atoms with van der Waals surface area (Å²) >= 11 is 1.34. The molecule has 0 spiro atoms. The molecule has 0 atom stereocenters. The summed E-state index contributed by atoms with van der Waals surface area (Å²) in [6.07, 6.45) is -0.106. The molecular formula is C22H17N3O5S. The molecule has 2 heterocycles. The molecule has 0 radical (unpaired) electrons. The molecule has 0 unspecified atom stereocenters. The quantitative estimate of drug-likeness (QED) is 0.357. The smallest absolute Gasteiger partial charge is 0.313 e. The van der Waals surface area contributed by atoms with E-state index in [0.29, 0.717) is 27.1 Å². The van der Waals surface area contributed by atoms with Crippen LogP contribution in [0.3, 0.4) is 0 Å². The van der Waals surface area contributed by atoms with Crippen molar-refractivity contribution in [3.05, 3.63) is 91.6 Å². The van der Waals surface area contributed by atoms with Gasteiger partial charge in [0, 0.05) is 5.69 Å². The standard InChI is InChI=1S/C22H17N3O5S/c26-19(11-12-25-22(29)17-5-2-1-4-16(17)20(27)24-25)30-15-9-7-14(8-10-15)23-21(28)18-6-3-13-31-18/h1-10,13H,11-12H2,(H,23,28)(H,24,27). The van der Waals surface area contributed by atoms with E-state index in [4.69, 9.17) is 4.74 Å². The second-order valence-corrected chi connectivity index (χ2v) is 7.57. The number of amides is 1. The topological polar surface area (TPSA) is 110 Å². The lowest BCUT2D eigenvalue weighted by Gasteiger charge is -2.08. The molecule has 9 heteroatoms. The highest BCUT2D eigenvalue weighted by atomic mass is 32.1. The zero-order valence-corrected chi connectivity index (χ0v) is 17.0. The van der Waals surface area contributed by atoms with Gasteiger partial charge in [-0.2, -0.15) is 0 Å². The zero-order valence-electron chi connectivity index (χ0n) is 16.2. The maximum Gasteiger partial charge on any atom is 0.313 e. The van der Waals surface area contributed by atoms with Gasteiger partial charge in [-0.3, -0.25) is 24.3 Å². The van der Waals surface area contributed by atoms with E-state index in [-0.39, 0.29) is 24.4 Å². The van der Waals surface area contributed by atoms with Gasteiger partial charge in [0.1, 0.15) is 5.75 Å². The third kappa shape index (κ3) is 4.62. The Labute approximate surface area is 179 Å². The number of rotatable bonds is 6. The Hall–Kier alpha value is -3.98. The highest BCUT2D eigenvalue weighted by Crippen LogP contribution is 2.18. The van der Waals surface area contributed by atoms with E-state index in [9.17, 15) is 19.2 Å². The minimum Gasteiger partial charge on any atom is -0.426 e. The average molecular weight is 435 g/mol. The maximum atomic E-state index is 12.5. The third-order valence-electron chi connectivity index (χ3n) is 4.51. The van der Waals surface area contributed by atoms with Crippen LogP contribution in [0.4, 0.5) is 5.69 Å². The number of aromatic amines is 1. The minimum atomic E-state index is -0.559. The lowest BCUT2D eigenvalue weighted by molar-refractivity contribution is -0.134. The Balaban J connectivity index is 1.37. The Morgan fingerprint density at radius 3 is 2.42 bits per heavy atom. The number of H-pyrrole nitrogens is 1. The molecular weight excluding hydrogens is 418 g/mol. The first-order chi connectivity index (χ1) is 15.0. The Kier molecular flexibility index (Phi) is 5.76. The number of carbonyl (C=O) groups is 2. The molecule has 2 aromatic heterocycles. The van der Waals surface area contributed by atoms with Gasteiger partial charge in [-0.15, -0.1) is 11.3 Å². The largest absolute Gasteiger partial charge is 0.426 e. The van der Waals surface area contributed by atoms with Gasteiger partial charge in [-0.1, -0.05) is 18.2 Å². The number of nitrogens with one attached hydrogen (secondary N) is 2. The summed E-state index contributed by atoms with van der Waals surface area (Å²) < 4.78 is 6.38. The van der Waals surface area contributed by atoms with Crippen molar-refractivity contribution < 1.29 is 14.3 Å². The average Bonchev–Trinajstić information content (AvgIpc) is 3.32. The van der Waals surface area contributed by atoms with Gasteiger partial charge in [0.25, 0.3) is 17.0 Å². The molecule has 2 aromatic carbocycles. The lowest BCUT2D eigenvalue weighted by atomic mass is 10.2. The Bertz CT molecular complexity index is 1350. The van der Waals surface area contributed by atoms with E-state index in [0.717, 1.165) is 4.68 Å². The van der Waals surface area contributed by atoms with Crippen LogP contribution in [-0.4, -0.2) is 21.7 Å². The second kappa shape index (κ2) is 8.80. The third-order valence-corrected chi connectivity index (χ3v) is 5.38. The van der Waals surface area contributed by atoms with Gasteiger partial charge < -0.3 is 10.1 Å². The van der Waals surface area contributed by atoms with Gasteiger partial charge in [0.05, 0.1) is 28.6 Å². The van der Waals surface area contributed by atoms with Crippen LogP contribution in [0, 0.1) is 0 Å². The summed E-state index contributed by atoms with van der Waals surface area (Å²) in [4.78, 5) is 49.4. The SMILES string of the molecule is O=C(CCn1[nH]c(=O)c2ccccc2c1=O)Oc1ccc(NC(=O)c2cccs2)cc1. The summed E-state index contributed by atoms with van der Waals surface area (Å²) in [6, 6.07) is 16.4. The van der Waals surface area contributed by atoms with Crippen molar-refractivity contribution >= 4 is 39.7 Å². The molecule has 4 rings (SSSR count). The molecule has 0 saturated carbocycles. The van der Waals surface area contributed by atoms with E-state index in [1.54, 1.807) is 60.7 Å². The summed E-state index contributed by atoms with van der Waals surface area (Å²) in [5, 5.41) is 7.65. The predicted octanol–water partition coefficient (Wildman–Crippen LogP) is 3.00. The fourth-order valence-corrected chi connectivity index (χ4v) is 3.62. The number of ether oxygens (including phenoxy) is 1. The van der Waals surface area contributed by atoms with Gasteiger partial charge in [0.2, 0.25) is 0 Å². The van der Waals surface area contributed by atoms with Crippen molar-refractivity contribution in [1.82, 2.24) is 9.78 Å². The molecule has 1 amide bonds. The highest BCUT2D eigenvalue weighted by molar-refractivity contribution is 7.12. The number of benzene rings is 2. The van der Waals surface area contributed by atoms with Crippen molar-refractivity contribution in [1.29, 1.82) is 0 Å². The van der Waals surface area contributed by atoms with Gasteiger partial charge >= 0.3 is 5.97 Å². The number of nitrogens with zero attached hydrogens (tertiary/aromatic N) is 1. The number of hydrogen-bond donors (Lipinski definition) is 2. The van der Waals surface area contributed by atoms with Gasteiger partial charge in [0.15, 0.2) is 0 Å². The number of esters is 1. The number of thiophene rings is 1. The van der Waals surface area contributed by atoms with E-state index in [2.05, 4.69) is 10.4 Å². The van der Waals surface area contributed by atoms with Crippen LogP contribution >= 0.6 is 11.3 Å². The molecule has 0 aliphatic rings. The number of aryl methyl sites for hydroxylation is 1. The fourth-order valence-electron chi connectivity index (χ4n) is 3.00. The summed E-state index contributed by atoms with van der Waals surface area (Å²) in [5.41, 5.74) is -0.212. The number of anilines is 1. The molecule has 0 bridgehead atoms. The van der Waals surface area contributed by atoms with Crippen LogP contribution in [0.5, 0.6) is 5.75 Å². The molecule has 4 aromatic rings. The van der Waals surface area contributed by atoms with Crippen LogP contribution < -0.4 is 21.2 Å². The lowest BCUT2D eigenvalue weighted by Crippen LogP contribution is -2.31. The highest BCUT2D eigenvalue weighted by Gasteiger charge is 2.11. The number of fused-ring (bicyclic) bond motifs is 1. The number of hydrogen-bond acceptors (Lipinski definition) is 6. The first-order valence-corrected chi connectivity index (χ1v) is 10.3. The molecule has 31 heavy (non-hydrogen) atoms. The van der Waals surface area contributed by atoms with Gasteiger partial charge in [-0.25, -0.2) is 4.68 Å². The molecule has 0 aliphatic heterocycles. The van der Waals surface area contributed by atoms with Crippen LogP contribution in [-0.2, 0) is 11.3 Å². The first-order valence-electron chi connectivity index (χ1n) is 9.39. The molecule has 8 nitrogen and oxygen atoms in total. The number of carbonyl (C=O) groups excluding carboxylic acids is 2. The van der Waals surface area contributed by atoms with Crippen LogP contribution in [0.2, 0.25) is 0 Å². The van der Waals surface area contributed by atoms with E-state index in [1.165, 1.54) is 11.3 Å². The van der Waals surface area contributed by atoms with Crippen molar-refractivity contribution in [3.63, 3.8) is 0 Å². The minimum absolute atomic E-state index is 0.0211. The maximum absolute atomic E-state index is 12.5. The van der Waals surface area contributed by atoms with Crippen molar-refractivity contribution in [2.45, 2.75) is 13.0 Å². The van der Waals surface area contributed by atoms with Gasteiger partial charge in [-0.05, 0) is 47.8 Å². The monoisotopic (exact) mass is 435 g/mol. The summed E-state index contributed by atoms with van der Waals surface area (Å²) in [5.74, 6) is -0.468. The number of aromatic nitrogens is 2. The predicted molar refractivity (Wildman–Crippen MR) is 118 cm³/mol. The van der Waals surface area contributed by atoms with E-state index < -0.39 is 11.5 Å². The molecule has 0 saturated heterocycles. The molecule has 156 valence electrons. The molecule has 2 N–H and O–H groups in total. The Morgan fingerprint density at radius 2 is 1.71 bits per heavy atom. The Morgan fingerprint density at radius 1 is 0.968 bits per heavy atom. The summed E-state index contributed by atoms with van der Waals surface area (Å²) in [6.45, 7) is -0.0211. The van der Waals surface area contributed by atoms with Crippen LogP contribution in [0.1, 0.15) is 16.1 Å². The normalized spacial score (nSPS) is 10.7. The van der Waals surface area contributed by atoms with Crippen LogP contribution in [0.15, 0.2) is 75.6 Å². The molecule has 0 fully saturated rings. The fraction of sp³-hybridized carbons (Fsp3) is 0.0909. The van der Waals surface area contributed by atoms with Crippen molar-refractivity contribution in [2.24, 2.45) is 0 Å². The summed E-state index contributed by atoms with van der Waals surface area (Å²) in [7, 11) is 0. The second-order valence-electron chi connectivity index (χ2n) is 6.62.